The minimum atomic E-state index is -0.766. The second kappa shape index (κ2) is 5.66. The topological polar surface area (TPSA) is 53.4 Å². The molecule has 1 aliphatic heterocycles. The lowest BCUT2D eigenvalue weighted by molar-refractivity contribution is -0.144. The van der Waals surface area contributed by atoms with Crippen LogP contribution in [0.3, 0.4) is 0 Å². The molecule has 0 amide bonds. The van der Waals surface area contributed by atoms with Crippen LogP contribution < -0.4 is 0 Å². The summed E-state index contributed by atoms with van der Waals surface area (Å²) in [4.78, 5) is 18.0. The quantitative estimate of drug-likeness (QED) is 0.939. The third kappa shape index (κ3) is 2.81. The Hall–Kier alpha value is -2.20. The molecule has 4 heteroatoms. The summed E-state index contributed by atoms with van der Waals surface area (Å²) in [6, 6.07) is 11.5. The van der Waals surface area contributed by atoms with Crippen LogP contribution in [0.1, 0.15) is 22.4 Å². The Morgan fingerprint density at radius 3 is 2.76 bits per heavy atom. The highest BCUT2D eigenvalue weighted by Crippen LogP contribution is 2.25. The second-order valence-electron chi connectivity index (χ2n) is 5.50. The van der Waals surface area contributed by atoms with Crippen molar-refractivity contribution in [3.63, 3.8) is 0 Å². The molecule has 1 aromatic heterocycles. The van der Waals surface area contributed by atoms with Gasteiger partial charge in [0.2, 0.25) is 0 Å². The van der Waals surface area contributed by atoms with Crippen LogP contribution in [0.25, 0.3) is 0 Å². The van der Waals surface area contributed by atoms with Gasteiger partial charge in [-0.15, -0.1) is 0 Å². The lowest BCUT2D eigenvalue weighted by Crippen LogP contribution is -2.45. The summed E-state index contributed by atoms with van der Waals surface area (Å²) < 4.78 is 0. The van der Waals surface area contributed by atoms with E-state index in [0.29, 0.717) is 19.5 Å². The zero-order valence-corrected chi connectivity index (χ0v) is 12.0. The van der Waals surface area contributed by atoms with Crippen molar-refractivity contribution in [3.8, 4) is 0 Å². The predicted octanol–water partition coefficient (Wildman–Crippen LogP) is 2.40. The maximum atomic E-state index is 11.6. The molecule has 0 saturated carbocycles. The number of aryl methyl sites for hydroxylation is 1. The molecule has 0 radical (unpaired) electrons. The SMILES string of the molecule is Cc1cccnc1CN1Cc2ccccc2CC1C(=O)O. The third-order valence-electron chi connectivity index (χ3n) is 4.10. The number of carboxylic acids is 1. The first-order chi connectivity index (χ1) is 10.1. The standard InChI is InChI=1S/C17H18N2O2/c1-12-5-4-8-18-15(12)11-19-10-14-7-3-2-6-13(14)9-16(19)17(20)21/h2-8,16H,9-11H2,1H3,(H,20,21). The van der Waals surface area contributed by atoms with Crippen LogP contribution in [0, 0.1) is 6.92 Å². The molecular weight excluding hydrogens is 264 g/mol. The Balaban J connectivity index is 1.89. The summed E-state index contributed by atoms with van der Waals surface area (Å²) >= 11 is 0. The summed E-state index contributed by atoms with van der Waals surface area (Å²) in [7, 11) is 0. The third-order valence-corrected chi connectivity index (χ3v) is 4.10. The van der Waals surface area contributed by atoms with Gasteiger partial charge < -0.3 is 5.11 Å². The summed E-state index contributed by atoms with van der Waals surface area (Å²) in [6.07, 6.45) is 2.31. The van der Waals surface area contributed by atoms with E-state index in [-0.39, 0.29) is 0 Å². The molecule has 108 valence electrons. The minimum Gasteiger partial charge on any atom is -0.480 e. The number of carboxylic acid groups (broad SMARTS) is 1. The Morgan fingerprint density at radius 1 is 1.29 bits per heavy atom. The normalized spacial score (nSPS) is 18.2. The maximum Gasteiger partial charge on any atom is 0.321 e. The number of hydrogen-bond acceptors (Lipinski definition) is 3. The molecule has 1 aromatic carbocycles. The molecular formula is C17H18N2O2. The largest absolute Gasteiger partial charge is 0.480 e. The van der Waals surface area contributed by atoms with Gasteiger partial charge in [0.15, 0.2) is 0 Å². The van der Waals surface area contributed by atoms with Crippen molar-refractivity contribution in [2.45, 2.75) is 32.5 Å². The minimum absolute atomic E-state index is 0.485. The Labute approximate surface area is 124 Å². The van der Waals surface area contributed by atoms with E-state index in [4.69, 9.17) is 0 Å². The van der Waals surface area contributed by atoms with Crippen molar-refractivity contribution in [1.29, 1.82) is 0 Å². The number of aromatic nitrogens is 1. The fraction of sp³-hybridized carbons (Fsp3) is 0.294. The Bertz CT molecular complexity index is 669. The highest BCUT2D eigenvalue weighted by atomic mass is 16.4. The first kappa shape index (κ1) is 13.8. The average molecular weight is 282 g/mol. The smallest absolute Gasteiger partial charge is 0.321 e. The molecule has 0 fully saturated rings. The van der Waals surface area contributed by atoms with E-state index >= 15 is 0 Å². The number of carbonyl (C=O) groups is 1. The van der Waals surface area contributed by atoms with Gasteiger partial charge in [0.05, 0.1) is 5.69 Å². The van der Waals surface area contributed by atoms with Crippen LogP contribution in [0.5, 0.6) is 0 Å². The van der Waals surface area contributed by atoms with Gasteiger partial charge in [-0.1, -0.05) is 30.3 Å². The summed E-state index contributed by atoms with van der Waals surface area (Å²) in [5, 5.41) is 9.52. The van der Waals surface area contributed by atoms with Gasteiger partial charge in [-0.2, -0.15) is 0 Å². The highest BCUT2D eigenvalue weighted by molar-refractivity contribution is 5.74. The van der Waals surface area contributed by atoms with Crippen molar-refractivity contribution < 1.29 is 9.90 Å². The van der Waals surface area contributed by atoms with Crippen LogP contribution in [-0.4, -0.2) is 27.0 Å². The molecule has 4 nitrogen and oxygen atoms in total. The van der Waals surface area contributed by atoms with E-state index < -0.39 is 12.0 Å². The molecule has 2 heterocycles. The number of aliphatic carboxylic acids is 1. The molecule has 21 heavy (non-hydrogen) atoms. The van der Waals surface area contributed by atoms with Gasteiger partial charge in [0.25, 0.3) is 0 Å². The molecule has 1 atom stereocenters. The summed E-state index contributed by atoms with van der Waals surface area (Å²) in [6.45, 7) is 3.23. The van der Waals surface area contributed by atoms with Gasteiger partial charge in [0, 0.05) is 19.3 Å². The molecule has 3 rings (SSSR count). The van der Waals surface area contributed by atoms with Crippen molar-refractivity contribution in [1.82, 2.24) is 9.88 Å². The maximum absolute atomic E-state index is 11.6. The number of benzene rings is 1. The molecule has 0 aliphatic carbocycles. The van der Waals surface area contributed by atoms with E-state index in [2.05, 4.69) is 11.1 Å². The molecule has 0 saturated heterocycles. The summed E-state index contributed by atoms with van der Waals surface area (Å²) in [5.41, 5.74) is 4.39. The zero-order valence-electron chi connectivity index (χ0n) is 12.0. The van der Waals surface area contributed by atoms with Gasteiger partial charge in [-0.3, -0.25) is 14.7 Å². The molecule has 0 spiro atoms. The first-order valence-corrected chi connectivity index (χ1v) is 7.09. The number of pyridine rings is 1. The van der Waals surface area contributed by atoms with Gasteiger partial charge >= 0.3 is 5.97 Å². The van der Waals surface area contributed by atoms with Crippen molar-refractivity contribution in [3.05, 3.63) is 65.0 Å². The summed E-state index contributed by atoms with van der Waals surface area (Å²) in [5.74, 6) is -0.766. The van der Waals surface area contributed by atoms with Crippen molar-refractivity contribution in [2.24, 2.45) is 0 Å². The molecule has 1 unspecified atom stereocenters. The van der Waals surface area contributed by atoms with Gasteiger partial charge in [-0.25, -0.2) is 0 Å². The van der Waals surface area contributed by atoms with E-state index in [0.717, 1.165) is 16.8 Å². The van der Waals surface area contributed by atoms with Crippen LogP contribution in [0.2, 0.25) is 0 Å². The molecule has 1 aliphatic rings. The number of rotatable bonds is 3. The molecule has 2 aromatic rings. The fourth-order valence-electron chi connectivity index (χ4n) is 2.86. The van der Waals surface area contributed by atoms with E-state index in [1.807, 2.05) is 42.2 Å². The van der Waals surface area contributed by atoms with Crippen LogP contribution in [0.15, 0.2) is 42.6 Å². The average Bonchev–Trinajstić information content (AvgIpc) is 2.48. The first-order valence-electron chi connectivity index (χ1n) is 7.09. The van der Waals surface area contributed by atoms with Crippen molar-refractivity contribution in [2.75, 3.05) is 0 Å². The number of fused-ring (bicyclic) bond motifs is 1. The van der Waals surface area contributed by atoms with Gasteiger partial charge in [-0.05, 0) is 36.1 Å². The highest BCUT2D eigenvalue weighted by Gasteiger charge is 2.31. The molecule has 0 bridgehead atoms. The van der Waals surface area contributed by atoms with Gasteiger partial charge in [0.1, 0.15) is 6.04 Å². The lowest BCUT2D eigenvalue weighted by atomic mass is 9.93. The Kier molecular flexibility index (Phi) is 3.71. The lowest BCUT2D eigenvalue weighted by Gasteiger charge is -2.34. The molecule has 1 N–H and O–H groups in total. The van der Waals surface area contributed by atoms with Crippen LogP contribution in [0.4, 0.5) is 0 Å². The van der Waals surface area contributed by atoms with Crippen molar-refractivity contribution >= 4 is 5.97 Å². The fourth-order valence-corrected chi connectivity index (χ4v) is 2.86. The van der Waals surface area contributed by atoms with Crippen LogP contribution >= 0.6 is 0 Å². The van der Waals surface area contributed by atoms with E-state index in [9.17, 15) is 9.90 Å². The van der Waals surface area contributed by atoms with E-state index in [1.54, 1.807) is 6.20 Å². The van der Waals surface area contributed by atoms with E-state index in [1.165, 1.54) is 5.56 Å². The Morgan fingerprint density at radius 2 is 2.05 bits per heavy atom. The van der Waals surface area contributed by atoms with Crippen LogP contribution in [-0.2, 0) is 24.3 Å². The zero-order chi connectivity index (χ0) is 14.8. The number of hydrogen-bond donors (Lipinski definition) is 1. The monoisotopic (exact) mass is 282 g/mol. The number of nitrogens with zero attached hydrogens (tertiary/aromatic N) is 2. The second-order valence-corrected chi connectivity index (χ2v) is 5.50. The predicted molar refractivity (Wildman–Crippen MR) is 79.8 cm³/mol.